The number of benzene rings is 1. The number of allylic oxidation sites excluding steroid dienone is 1. The number of imidazole rings is 1. The molecule has 39 heavy (non-hydrogen) atoms. The summed E-state index contributed by atoms with van der Waals surface area (Å²) in [5, 5.41) is 22.2. The quantitative estimate of drug-likeness (QED) is 0.329. The van der Waals surface area contributed by atoms with Crippen LogP contribution in [0.1, 0.15) is 83.7 Å². The second-order valence-electron chi connectivity index (χ2n) is 12.4. The van der Waals surface area contributed by atoms with E-state index in [0.717, 1.165) is 41.7 Å². The minimum Gasteiger partial charge on any atom is -0.457 e. The van der Waals surface area contributed by atoms with E-state index in [9.17, 15) is 19.8 Å². The van der Waals surface area contributed by atoms with Crippen molar-refractivity contribution in [3.63, 3.8) is 0 Å². The molecule has 8 heteroatoms. The third-order valence-electron chi connectivity index (χ3n) is 9.15. The van der Waals surface area contributed by atoms with Crippen molar-refractivity contribution in [1.82, 2.24) is 9.55 Å². The topological polar surface area (TPSA) is 114 Å². The average Bonchev–Trinajstić information content (AvgIpc) is 3.42. The molecule has 1 aromatic carbocycles. The van der Waals surface area contributed by atoms with Gasteiger partial charge in [-0.3, -0.25) is 9.59 Å². The molecule has 0 saturated carbocycles. The molecule has 0 unspecified atom stereocenters. The summed E-state index contributed by atoms with van der Waals surface area (Å²) in [5.41, 5.74) is 1.03. The minimum absolute atomic E-state index is 0.0824. The number of aliphatic hydroxyl groups excluding tert-OH is 2. The lowest BCUT2D eigenvalue weighted by Gasteiger charge is -2.35. The van der Waals surface area contributed by atoms with E-state index in [4.69, 9.17) is 9.47 Å². The summed E-state index contributed by atoms with van der Waals surface area (Å²) in [4.78, 5) is 31.5. The Balaban J connectivity index is 1.64. The second-order valence-corrected chi connectivity index (χ2v) is 12.4. The first kappa shape index (κ1) is 29.4. The zero-order valence-electron chi connectivity index (χ0n) is 24.1. The number of aryl methyl sites for hydroxylation is 2. The molecule has 2 aliphatic heterocycles. The molecule has 4 rings (SSSR count). The lowest BCUT2D eigenvalue weighted by Crippen LogP contribution is -2.46. The van der Waals surface area contributed by atoms with E-state index in [2.05, 4.69) is 18.5 Å². The number of ether oxygens (including phenoxy) is 2. The molecule has 2 saturated heterocycles. The summed E-state index contributed by atoms with van der Waals surface area (Å²) in [6.07, 6.45) is 1.63. The molecule has 8 nitrogen and oxygen atoms in total. The first-order valence-corrected chi connectivity index (χ1v) is 14.1. The number of carbonyl (C=O) groups excluding carboxylic acids is 2. The molecule has 0 amide bonds. The number of nitrogens with zero attached hydrogens (tertiary/aromatic N) is 2. The SMILES string of the molecule is C=CC[C@H]1C(=O)C(C)(C)[C@@H](O)CC(=O)O[C@H](c2ccc3c(c2)nc(C)n3C)C[C@@H]2O[C@]2(C)CCC[C@H](C)[C@H]1O. The first-order chi connectivity index (χ1) is 18.3. The van der Waals surface area contributed by atoms with Crippen LogP contribution in [0.4, 0.5) is 0 Å². The maximum atomic E-state index is 13.6. The number of aliphatic hydroxyl groups is 2. The largest absolute Gasteiger partial charge is 0.457 e. The van der Waals surface area contributed by atoms with Gasteiger partial charge in [0, 0.05) is 19.4 Å². The van der Waals surface area contributed by atoms with E-state index in [1.807, 2.05) is 43.7 Å². The van der Waals surface area contributed by atoms with Gasteiger partial charge in [-0.25, -0.2) is 4.98 Å². The van der Waals surface area contributed by atoms with Gasteiger partial charge in [0.15, 0.2) is 0 Å². The molecular formula is C31H44N2O6. The van der Waals surface area contributed by atoms with Gasteiger partial charge < -0.3 is 24.3 Å². The summed E-state index contributed by atoms with van der Waals surface area (Å²) in [5.74, 6) is -0.812. The highest BCUT2D eigenvalue weighted by molar-refractivity contribution is 5.88. The molecular weight excluding hydrogens is 496 g/mol. The molecule has 0 spiro atoms. The van der Waals surface area contributed by atoms with Crippen molar-refractivity contribution in [3.05, 3.63) is 42.2 Å². The van der Waals surface area contributed by atoms with E-state index >= 15 is 0 Å². The highest BCUT2D eigenvalue weighted by Crippen LogP contribution is 2.47. The van der Waals surface area contributed by atoms with Crippen LogP contribution in [-0.4, -0.2) is 55.4 Å². The van der Waals surface area contributed by atoms with Gasteiger partial charge in [0.05, 0.1) is 46.8 Å². The summed E-state index contributed by atoms with van der Waals surface area (Å²) in [6, 6.07) is 5.88. The van der Waals surface area contributed by atoms with Crippen molar-refractivity contribution >= 4 is 22.8 Å². The molecule has 2 fully saturated rings. The molecule has 0 aliphatic carbocycles. The van der Waals surface area contributed by atoms with Gasteiger partial charge in [-0.05, 0) is 56.7 Å². The zero-order chi connectivity index (χ0) is 28.7. The van der Waals surface area contributed by atoms with Gasteiger partial charge in [-0.1, -0.05) is 39.3 Å². The Morgan fingerprint density at radius 2 is 1.95 bits per heavy atom. The van der Waals surface area contributed by atoms with Crippen LogP contribution in [0.5, 0.6) is 0 Å². The number of hydrogen-bond acceptors (Lipinski definition) is 7. The lowest BCUT2D eigenvalue weighted by atomic mass is 9.71. The fourth-order valence-electron chi connectivity index (χ4n) is 5.98. The first-order valence-electron chi connectivity index (χ1n) is 14.1. The number of ketones is 1. The molecule has 214 valence electrons. The Labute approximate surface area is 231 Å². The summed E-state index contributed by atoms with van der Waals surface area (Å²) in [7, 11) is 1.96. The maximum Gasteiger partial charge on any atom is 0.309 e. The van der Waals surface area contributed by atoms with Gasteiger partial charge in [-0.2, -0.15) is 0 Å². The predicted molar refractivity (Wildman–Crippen MR) is 149 cm³/mol. The summed E-state index contributed by atoms with van der Waals surface area (Å²) < 4.78 is 14.1. The number of epoxide rings is 1. The molecule has 0 bridgehead atoms. The standard InChI is InChI=1S/C31H44N2O6/c1-8-10-21-28(36)18(2)11-9-14-31(6)26(39-31)16-24(38-27(35)17-25(34)30(4,5)29(21)37)20-12-13-23-22(15-20)32-19(3)33(23)7/h8,12-13,15,18,21,24-26,28,34,36H,1,9-11,14,16-17H2,2-7H3/t18-,21+,24-,25-,26-,28+,31+/m0/s1. The Hall–Kier alpha value is -2.55. The Kier molecular flexibility index (Phi) is 8.41. The van der Waals surface area contributed by atoms with Gasteiger partial charge in [0.2, 0.25) is 0 Å². The summed E-state index contributed by atoms with van der Waals surface area (Å²) >= 11 is 0. The normalized spacial score (nSPS) is 34.4. The van der Waals surface area contributed by atoms with Crippen LogP contribution < -0.4 is 0 Å². The van der Waals surface area contributed by atoms with Crippen LogP contribution in [0.15, 0.2) is 30.9 Å². The lowest BCUT2D eigenvalue weighted by molar-refractivity contribution is -0.156. The van der Waals surface area contributed by atoms with Crippen LogP contribution in [0.25, 0.3) is 11.0 Å². The van der Waals surface area contributed by atoms with Gasteiger partial charge in [-0.15, -0.1) is 6.58 Å². The number of carbonyl (C=O) groups is 2. The van der Waals surface area contributed by atoms with Crippen molar-refractivity contribution in [3.8, 4) is 0 Å². The third kappa shape index (κ3) is 5.98. The smallest absolute Gasteiger partial charge is 0.309 e. The van der Waals surface area contributed by atoms with Crippen LogP contribution in [-0.2, 0) is 26.1 Å². The van der Waals surface area contributed by atoms with Crippen LogP contribution in [0.2, 0.25) is 0 Å². The molecule has 2 aromatic rings. The van der Waals surface area contributed by atoms with E-state index in [1.165, 1.54) is 0 Å². The van der Waals surface area contributed by atoms with Crippen molar-refractivity contribution < 1.29 is 29.3 Å². The number of aromatic nitrogens is 2. The number of fused-ring (bicyclic) bond motifs is 2. The summed E-state index contributed by atoms with van der Waals surface area (Å²) in [6.45, 7) is 13.0. The molecule has 2 N–H and O–H groups in total. The van der Waals surface area contributed by atoms with Crippen molar-refractivity contribution in [2.75, 3.05) is 0 Å². The van der Waals surface area contributed by atoms with Crippen molar-refractivity contribution in [2.45, 2.75) is 103 Å². The average molecular weight is 541 g/mol. The van der Waals surface area contributed by atoms with Crippen LogP contribution in [0, 0.1) is 24.2 Å². The number of cyclic esters (lactones) is 1. The van der Waals surface area contributed by atoms with E-state index < -0.39 is 35.6 Å². The number of Topliss-reactive ketones (excluding diaryl/α,β-unsaturated/α-hetero) is 1. The highest BCUT2D eigenvalue weighted by atomic mass is 16.6. The Morgan fingerprint density at radius 1 is 1.23 bits per heavy atom. The maximum absolute atomic E-state index is 13.6. The van der Waals surface area contributed by atoms with Gasteiger partial charge in [0.1, 0.15) is 17.7 Å². The second kappa shape index (κ2) is 11.1. The van der Waals surface area contributed by atoms with Gasteiger partial charge >= 0.3 is 5.97 Å². The molecule has 3 heterocycles. The number of rotatable bonds is 3. The molecule has 1 aromatic heterocycles. The minimum atomic E-state index is -1.27. The van der Waals surface area contributed by atoms with Crippen molar-refractivity contribution in [2.24, 2.45) is 24.3 Å². The number of esters is 1. The fraction of sp³-hybridized carbons (Fsp3) is 0.645. The van der Waals surface area contributed by atoms with Crippen LogP contribution in [0.3, 0.4) is 0 Å². The van der Waals surface area contributed by atoms with Crippen LogP contribution >= 0.6 is 0 Å². The highest BCUT2D eigenvalue weighted by Gasteiger charge is 2.53. The van der Waals surface area contributed by atoms with Gasteiger partial charge in [0.25, 0.3) is 0 Å². The van der Waals surface area contributed by atoms with E-state index in [-0.39, 0.29) is 29.8 Å². The number of hydrogen-bond donors (Lipinski definition) is 2. The fourth-order valence-corrected chi connectivity index (χ4v) is 5.98. The third-order valence-corrected chi connectivity index (χ3v) is 9.15. The van der Waals surface area contributed by atoms with Crippen molar-refractivity contribution in [1.29, 1.82) is 0 Å². The molecule has 0 radical (unpaired) electrons. The zero-order valence-corrected chi connectivity index (χ0v) is 24.1. The van der Waals surface area contributed by atoms with E-state index in [0.29, 0.717) is 12.8 Å². The predicted octanol–water partition coefficient (Wildman–Crippen LogP) is 4.73. The Bertz CT molecular complexity index is 1240. The Morgan fingerprint density at radius 3 is 2.64 bits per heavy atom. The monoisotopic (exact) mass is 540 g/mol. The van der Waals surface area contributed by atoms with E-state index in [1.54, 1.807) is 19.9 Å². The molecule has 2 aliphatic rings. The molecule has 7 atom stereocenters.